The standard InChI is InChI=1S/C25H24F2N6O2/c1-32-8-6-20(7-9-32)33-15-19(13-30-33)18-10-17-11-23(29-14-22(17)28-12-18)31-24(34)16-2-4-21(5-3-16)35-25(26)27/h2-5,10-15,20,25H,6-9H2,1H3,(H,29,31,34). The summed E-state index contributed by atoms with van der Waals surface area (Å²) in [5.74, 6) is -0.0709. The molecule has 4 heterocycles. The van der Waals surface area contributed by atoms with E-state index in [1.54, 1.807) is 18.5 Å². The van der Waals surface area contributed by atoms with E-state index in [-0.39, 0.29) is 5.75 Å². The van der Waals surface area contributed by atoms with Crippen LogP contribution in [0.25, 0.3) is 22.0 Å². The number of anilines is 1. The molecule has 0 radical (unpaired) electrons. The fourth-order valence-electron chi connectivity index (χ4n) is 4.18. The number of benzene rings is 1. The lowest BCUT2D eigenvalue weighted by Crippen LogP contribution is -2.31. The predicted octanol–water partition coefficient (Wildman–Crippen LogP) is 4.61. The summed E-state index contributed by atoms with van der Waals surface area (Å²) in [6, 6.07) is 9.60. The SMILES string of the molecule is CN1CCC(n2cc(-c3cnc4cnc(NC(=O)c5ccc(OC(F)F)cc5)cc4c3)cn2)CC1. The summed E-state index contributed by atoms with van der Waals surface area (Å²) in [5.41, 5.74) is 2.89. The van der Waals surface area contributed by atoms with Crippen molar-refractivity contribution in [3.8, 4) is 16.9 Å². The van der Waals surface area contributed by atoms with Gasteiger partial charge in [0, 0.05) is 34.5 Å². The molecule has 0 saturated carbocycles. The number of hydrogen-bond donors (Lipinski definition) is 1. The van der Waals surface area contributed by atoms with E-state index in [0.29, 0.717) is 22.9 Å². The second-order valence-corrected chi connectivity index (χ2v) is 8.59. The fraction of sp³-hybridized carbons (Fsp3) is 0.280. The smallest absolute Gasteiger partial charge is 0.387 e. The summed E-state index contributed by atoms with van der Waals surface area (Å²) < 4.78 is 31.0. The molecular weight excluding hydrogens is 454 g/mol. The van der Waals surface area contributed by atoms with Crippen LogP contribution in [-0.2, 0) is 0 Å². The lowest BCUT2D eigenvalue weighted by molar-refractivity contribution is -0.0498. The molecule has 0 spiro atoms. The zero-order valence-electron chi connectivity index (χ0n) is 19.1. The van der Waals surface area contributed by atoms with Crippen molar-refractivity contribution in [3.05, 3.63) is 66.7 Å². The number of hydrogen-bond acceptors (Lipinski definition) is 6. The van der Waals surface area contributed by atoms with Crippen LogP contribution in [-0.4, -0.2) is 57.3 Å². The number of nitrogens with zero attached hydrogens (tertiary/aromatic N) is 5. The van der Waals surface area contributed by atoms with Crippen LogP contribution in [0.15, 0.2) is 61.2 Å². The van der Waals surface area contributed by atoms with Gasteiger partial charge in [0.05, 0.1) is 24.0 Å². The summed E-state index contributed by atoms with van der Waals surface area (Å²) in [6.45, 7) is -0.794. The van der Waals surface area contributed by atoms with Gasteiger partial charge in [-0.05, 0) is 69.4 Å². The minimum absolute atomic E-state index is 0.0156. The van der Waals surface area contributed by atoms with Crippen molar-refractivity contribution in [2.45, 2.75) is 25.5 Å². The number of halogens is 2. The highest BCUT2D eigenvalue weighted by Crippen LogP contribution is 2.27. The van der Waals surface area contributed by atoms with E-state index in [9.17, 15) is 13.6 Å². The van der Waals surface area contributed by atoms with Crippen molar-refractivity contribution in [1.82, 2.24) is 24.6 Å². The number of piperidine rings is 1. The van der Waals surface area contributed by atoms with Crippen LogP contribution in [0.4, 0.5) is 14.6 Å². The van der Waals surface area contributed by atoms with Crippen LogP contribution < -0.4 is 10.1 Å². The summed E-state index contributed by atoms with van der Waals surface area (Å²) in [6.07, 6.45) is 9.45. The molecule has 1 aliphatic rings. The van der Waals surface area contributed by atoms with Gasteiger partial charge in [0.1, 0.15) is 11.6 Å². The highest BCUT2D eigenvalue weighted by atomic mass is 19.3. The van der Waals surface area contributed by atoms with Crippen LogP contribution >= 0.6 is 0 Å². The maximum atomic E-state index is 12.6. The third-order valence-corrected chi connectivity index (χ3v) is 6.15. The summed E-state index contributed by atoms with van der Waals surface area (Å²) in [7, 11) is 2.14. The van der Waals surface area contributed by atoms with Crippen LogP contribution in [0.2, 0.25) is 0 Å². The molecule has 8 nitrogen and oxygen atoms in total. The van der Waals surface area contributed by atoms with Gasteiger partial charge in [-0.1, -0.05) is 0 Å². The van der Waals surface area contributed by atoms with E-state index in [1.165, 1.54) is 24.3 Å². The molecule has 0 unspecified atom stereocenters. The van der Waals surface area contributed by atoms with Crippen LogP contribution in [0.3, 0.4) is 0 Å². The van der Waals surface area contributed by atoms with Gasteiger partial charge in [-0.2, -0.15) is 13.9 Å². The van der Waals surface area contributed by atoms with E-state index >= 15 is 0 Å². The Morgan fingerprint density at radius 3 is 2.57 bits per heavy atom. The van der Waals surface area contributed by atoms with E-state index in [0.717, 1.165) is 42.4 Å². The van der Waals surface area contributed by atoms with Crippen molar-refractivity contribution in [2.24, 2.45) is 0 Å². The number of nitrogens with one attached hydrogen (secondary N) is 1. The molecule has 0 aliphatic carbocycles. The average molecular weight is 479 g/mol. The molecule has 1 N–H and O–H groups in total. The molecule has 1 saturated heterocycles. The number of carbonyl (C=O) groups is 1. The van der Waals surface area contributed by atoms with Crippen molar-refractivity contribution < 1.29 is 18.3 Å². The van der Waals surface area contributed by atoms with E-state index in [4.69, 9.17) is 0 Å². The molecule has 0 bridgehead atoms. The van der Waals surface area contributed by atoms with Gasteiger partial charge < -0.3 is 15.0 Å². The van der Waals surface area contributed by atoms with Gasteiger partial charge in [-0.3, -0.25) is 14.5 Å². The first-order valence-corrected chi connectivity index (χ1v) is 11.3. The molecule has 3 aromatic heterocycles. The molecular formula is C25H24F2N6O2. The van der Waals surface area contributed by atoms with Gasteiger partial charge in [0.25, 0.3) is 5.91 Å². The van der Waals surface area contributed by atoms with Gasteiger partial charge in [0.15, 0.2) is 0 Å². The number of aromatic nitrogens is 4. The zero-order valence-corrected chi connectivity index (χ0v) is 19.1. The van der Waals surface area contributed by atoms with Gasteiger partial charge in [-0.15, -0.1) is 0 Å². The van der Waals surface area contributed by atoms with E-state index in [1.807, 2.05) is 16.9 Å². The Balaban J connectivity index is 1.32. The first kappa shape index (κ1) is 22.9. The van der Waals surface area contributed by atoms with Gasteiger partial charge >= 0.3 is 6.61 Å². The van der Waals surface area contributed by atoms with E-state index in [2.05, 4.69) is 43.3 Å². The molecule has 4 aromatic rings. The lowest BCUT2D eigenvalue weighted by atomic mass is 10.1. The first-order valence-electron chi connectivity index (χ1n) is 11.3. The largest absolute Gasteiger partial charge is 0.435 e. The Bertz CT molecular complexity index is 1330. The van der Waals surface area contributed by atoms with Crippen molar-refractivity contribution in [1.29, 1.82) is 0 Å². The fourth-order valence-corrected chi connectivity index (χ4v) is 4.18. The maximum Gasteiger partial charge on any atom is 0.387 e. The third kappa shape index (κ3) is 5.27. The maximum absolute atomic E-state index is 12.6. The summed E-state index contributed by atoms with van der Waals surface area (Å²) in [4.78, 5) is 23.7. The normalized spacial score (nSPS) is 15.0. The number of alkyl halides is 2. The number of likely N-dealkylation sites (tertiary alicyclic amines) is 1. The van der Waals surface area contributed by atoms with Crippen LogP contribution in [0.1, 0.15) is 29.2 Å². The molecule has 1 aromatic carbocycles. The Morgan fingerprint density at radius 2 is 1.83 bits per heavy atom. The lowest BCUT2D eigenvalue weighted by Gasteiger charge is -2.28. The minimum Gasteiger partial charge on any atom is -0.435 e. The topological polar surface area (TPSA) is 85.2 Å². The Morgan fingerprint density at radius 1 is 1.06 bits per heavy atom. The minimum atomic E-state index is -2.92. The number of pyridine rings is 2. The molecule has 10 heteroatoms. The highest BCUT2D eigenvalue weighted by Gasteiger charge is 2.19. The summed E-state index contributed by atoms with van der Waals surface area (Å²) in [5, 5.41) is 8.14. The van der Waals surface area contributed by atoms with Crippen molar-refractivity contribution >= 4 is 22.6 Å². The Kier molecular flexibility index (Phi) is 6.37. The Hall–Kier alpha value is -3.92. The Labute approximate surface area is 200 Å². The molecule has 0 atom stereocenters. The van der Waals surface area contributed by atoms with Gasteiger partial charge in [0.2, 0.25) is 0 Å². The molecule has 1 fully saturated rings. The number of amides is 1. The summed E-state index contributed by atoms with van der Waals surface area (Å²) >= 11 is 0. The first-order chi connectivity index (χ1) is 16.9. The van der Waals surface area contributed by atoms with Gasteiger partial charge in [-0.25, -0.2) is 4.98 Å². The molecule has 1 aliphatic heterocycles. The molecule has 35 heavy (non-hydrogen) atoms. The zero-order chi connectivity index (χ0) is 24.4. The third-order valence-electron chi connectivity index (χ3n) is 6.15. The van der Waals surface area contributed by atoms with E-state index < -0.39 is 12.5 Å². The molecule has 1 amide bonds. The number of rotatable bonds is 6. The second-order valence-electron chi connectivity index (χ2n) is 8.59. The molecule has 180 valence electrons. The predicted molar refractivity (Wildman–Crippen MR) is 128 cm³/mol. The van der Waals surface area contributed by atoms with Crippen LogP contribution in [0.5, 0.6) is 5.75 Å². The number of fused-ring (bicyclic) bond motifs is 1. The van der Waals surface area contributed by atoms with Crippen molar-refractivity contribution in [2.75, 3.05) is 25.5 Å². The van der Waals surface area contributed by atoms with Crippen molar-refractivity contribution in [3.63, 3.8) is 0 Å². The van der Waals surface area contributed by atoms with Crippen LogP contribution in [0, 0.1) is 0 Å². The second kappa shape index (κ2) is 9.75. The molecule has 5 rings (SSSR count). The number of carbonyl (C=O) groups excluding carboxylic acids is 1. The quantitative estimate of drug-likeness (QED) is 0.436. The number of ether oxygens (including phenoxy) is 1. The highest BCUT2D eigenvalue weighted by molar-refractivity contribution is 6.04. The average Bonchev–Trinajstić information content (AvgIpc) is 3.34. The monoisotopic (exact) mass is 478 g/mol.